The van der Waals surface area contributed by atoms with E-state index >= 15 is 0 Å². The number of aromatic nitrogens is 3. The van der Waals surface area contributed by atoms with Crippen LogP contribution >= 0.6 is 11.6 Å². The quantitative estimate of drug-likeness (QED) is 0.893. The van der Waals surface area contributed by atoms with Gasteiger partial charge >= 0.3 is 0 Å². The normalized spacial score (nSPS) is 17.6. The van der Waals surface area contributed by atoms with Crippen LogP contribution in [0.3, 0.4) is 0 Å². The molecule has 2 aromatic rings. The van der Waals surface area contributed by atoms with Gasteiger partial charge in [0.05, 0.1) is 11.4 Å². The molecule has 0 spiro atoms. The molecule has 0 aliphatic heterocycles. The third kappa shape index (κ3) is 2.41. The topological polar surface area (TPSA) is 70.7 Å². The first-order valence-corrected chi connectivity index (χ1v) is 6.97. The van der Waals surface area contributed by atoms with Crippen molar-refractivity contribution in [1.82, 2.24) is 15.4 Å². The minimum Gasteiger partial charge on any atom is -0.326 e. The molecule has 1 atom stereocenters. The van der Waals surface area contributed by atoms with E-state index in [1.54, 1.807) is 0 Å². The summed E-state index contributed by atoms with van der Waals surface area (Å²) in [6.45, 7) is 1.90. The number of aromatic amines is 1. The average molecular weight is 291 g/mol. The van der Waals surface area contributed by atoms with E-state index in [4.69, 9.17) is 11.6 Å². The van der Waals surface area contributed by atoms with E-state index in [9.17, 15) is 4.79 Å². The van der Waals surface area contributed by atoms with Gasteiger partial charge in [-0.1, -0.05) is 17.7 Å². The summed E-state index contributed by atoms with van der Waals surface area (Å²) in [5, 5.41) is 14.4. The van der Waals surface area contributed by atoms with E-state index in [1.165, 1.54) is 0 Å². The van der Waals surface area contributed by atoms with Crippen molar-refractivity contribution in [3.05, 3.63) is 40.2 Å². The van der Waals surface area contributed by atoms with Crippen LogP contribution in [0.2, 0.25) is 5.02 Å². The molecule has 20 heavy (non-hydrogen) atoms. The summed E-state index contributed by atoms with van der Waals surface area (Å²) in [5.74, 6) is -0.0463. The summed E-state index contributed by atoms with van der Waals surface area (Å²) in [7, 11) is 0. The van der Waals surface area contributed by atoms with Gasteiger partial charge in [-0.3, -0.25) is 4.79 Å². The number of halogens is 1. The van der Waals surface area contributed by atoms with Crippen LogP contribution in [0.25, 0.3) is 0 Å². The fraction of sp³-hybridized carbons (Fsp3) is 0.357. The van der Waals surface area contributed by atoms with E-state index < -0.39 is 0 Å². The molecule has 0 saturated carbocycles. The molecule has 104 valence electrons. The Bertz CT molecular complexity index is 652. The van der Waals surface area contributed by atoms with Crippen molar-refractivity contribution in [2.45, 2.75) is 26.2 Å². The highest BCUT2D eigenvalue weighted by Gasteiger charge is 2.27. The average Bonchev–Trinajstić information content (AvgIpc) is 2.91. The molecule has 0 bridgehead atoms. The minimum atomic E-state index is -0.0639. The number of anilines is 1. The predicted octanol–water partition coefficient (Wildman–Crippen LogP) is 2.51. The molecule has 1 heterocycles. The van der Waals surface area contributed by atoms with E-state index in [0.717, 1.165) is 35.5 Å². The van der Waals surface area contributed by atoms with Gasteiger partial charge in [0.2, 0.25) is 5.91 Å². The third-order valence-corrected chi connectivity index (χ3v) is 4.18. The van der Waals surface area contributed by atoms with Crippen molar-refractivity contribution < 1.29 is 4.79 Å². The summed E-state index contributed by atoms with van der Waals surface area (Å²) >= 11 is 6.06. The summed E-state index contributed by atoms with van der Waals surface area (Å²) in [5.41, 5.74) is 3.54. The molecule has 6 heteroatoms. The maximum absolute atomic E-state index is 12.4. The van der Waals surface area contributed by atoms with Gasteiger partial charge in [0.1, 0.15) is 0 Å². The van der Waals surface area contributed by atoms with Gasteiger partial charge in [-0.25, -0.2) is 0 Å². The molecule has 1 aromatic heterocycles. The zero-order chi connectivity index (χ0) is 14.1. The van der Waals surface area contributed by atoms with E-state index in [2.05, 4.69) is 20.7 Å². The number of hydrogen-bond acceptors (Lipinski definition) is 3. The Balaban J connectivity index is 1.73. The number of carbonyl (C=O) groups excluding carboxylic acids is 1. The second-order valence-electron chi connectivity index (χ2n) is 5.06. The highest BCUT2D eigenvalue weighted by molar-refractivity contribution is 6.31. The molecule has 0 saturated heterocycles. The second-order valence-corrected chi connectivity index (χ2v) is 5.47. The van der Waals surface area contributed by atoms with Crippen LogP contribution in [0.4, 0.5) is 5.69 Å². The SMILES string of the molecule is Cc1c(Cl)cccc1NC(=O)C1CCc2n[nH]nc2C1. The monoisotopic (exact) mass is 290 g/mol. The van der Waals surface area contributed by atoms with E-state index in [-0.39, 0.29) is 11.8 Å². The first-order chi connectivity index (χ1) is 9.65. The maximum Gasteiger partial charge on any atom is 0.227 e. The first-order valence-electron chi connectivity index (χ1n) is 6.59. The number of hydrogen-bond donors (Lipinski definition) is 2. The number of nitrogens with one attached hydrogen (secondary N) is 2. The standard InChI is InChI=1S/C14H15ClN4O/c1-8-10(15)3-2-4-11(8)16-14(20)9-5-6-12-13(7-9)18-19-17-12/h2-4,9H,5-7H2,1H3,(H,16,20)(H,17,18,19). The molecule has 0 radical (unpaired) electrons. The van der Waals surface area contributed by atoms with Gasteiger partial charge in [-0.05, 0) is 37.5 Å². The van der Waals surface area contributed by atoms with Gasteiger partial charge < -0.3 is 5.32 Å². The molecule has 1 amide bonds. The van der Waals surface area contributed by atoms with Gasteiger partial charge in [0.25, 0.3) is 0 Å². The molecule has 0 fully saturated rings. The van der Waals surface area contributed by atoms with Crippen LogP contribution in [0.15, 0.2) is 18.2 Å². The fourth-order valence-electron chi connectivity index (χ4n) is 2.49. The maximum atomic E-state index is 12.4. The number of benzene rings is 1. The lowest BCUT2D eigenvalue weighted by Crippen LogP contribution is -2.28. The smallest absolute Gasteiger partial charge is 0.227 e. The molecule has 2 N–H and O–H groups in total. The van der Waals surface area contributed by atoms with Crippen molar-refractivity contribution in [2.24, 2.45) is 5.92 Å². The molecule has 1 aliphatic rings. The molecule has 3 rings (SSSR count). The largest absolute Gasteiger partial charge is 0.326 e. The lowest BCUT2D eigenvalue weighted by atomic mass is 9.89. The van der Waals surface area contributed by atoms with Crippen molar-refractivity contribution >= 4 is 23.2 Å². The van der Waals surface area contributed by atoms with Crippen LogP contribution < -0.4 is 5.32 Å². The van der Waals surface area contributed by atoms with Gasteiger partial charge in [0.15, 0.2) is 0 Å². The number of amides is 1. The Morgan fingerprint density at radius 1 is 1.40 bits per heavy atom. The lowest BCUT2D eigenvalue weighted by molar-refractivity contribution is -0.120. The Morgan fingerprint density at radius 2 is 2.20 bits per heavy atom. The number of rotatable bonds is 2. The number of nitrogens with zero attached hydrogens (tertiary/aromatic N) is 2. The minimum absolute atomic E-state index is 0.0176. The van der Waals surface area contributed by atoms with Gasteiger partial charge in [0, 0.05) is 23.0 Å². The molecular weight excluding hydrogens is 276 g/mol. The summed E-state index contributed by atoms with van der Waals surface area (Å²) < 4.78 is 0. The molecule has 1 unspecified atom stereocenters. The Labute approximate surface area is 121 Å². The van der Waals surface area contributed by atoms with Crippen molar-refractivity contribution in [3.8, 4) is 0 Å². The summed E-state index contributed by atoms with van der Waals surface area (Å²) in [6, 6.07) is 5.51. The Morgan fingerprint density at radius 3 is 3.05 bits per heavy atom. The highest BCUT2D eigenvalue weighted by atomic mass is 35.5. The molecular formula is C14H15ClN4O. The van der Waals surface area contributed by atoms with E-state index in [0.29, 0.717) is 11.4 Å². The van der Waals surface area contributed by atoms with Crippen molar-refractivity contribution in [2.75, 3.05) is 5.32 Å². The zero-order valence-corrected chi connectivity index (χ0v) is 11.9. The number of H-pyrrole nitrogens is 1. The summed E-state index contributed by atoms with van der Waals surface area (Å²) in [4.78, 5) is 12.4. The highest BCUT2D eigenvalue weighted by Crippen LogP contribution is 2.26. The van der Waals surface area contributed by atoms with E-state index in [1.807, 2.05) is 25.1 Å². The van der Waals surface area contributed by atoms with Crippen LogP contribution in [0.5, 0.6) is 0 Å². The number of carbonyl (C=O) groups is 1. The summed E-state index contributed by atoms with van der Waals surface area (Å²) in [6.07, 6.45) is 2.22. The Hall–Kier alpha value is -1.88. The van der Waals surface area contributed by atoms with Crippen LogP contribution in [0.1, 0.15) is 23.4 Å². The predicted molar refractivity (Wildman–Crippen MR) is 76.7 cm³/mol. The fourth-order valence-corrected chi connectivity index (χ4v) is 2.66. The van der Waals surface area contributed by atoms with Crippen molar-refractivity contribution in [3.63, 3.8) is 0 Å². The zero-order valence-electron chi connectivity index (χ0n) is 11.1. The molecule has 1 aromatic carbocycles. The van der Waals surface area contributed by atoms with Gasteiger partial charge in [-0.2, -0.15) is 15.4 Å². The van der Waals surface area contributed by atoms with Crippen molar-refractivity contribution in [1.29, 1.82) is 0 Å². The van der Waals surface area contributed by atoms with Crippen LogP contribution in [0, 0.1) is 12.8 Å². The molecule has 1 aliphatic carbocycles. The number of fused-ring (bicyclic) bond motifs is 1. The Kier molecular flexibility index (Phi) is 3.44. The van der Waals surface area contributed by atoms with Gasteiger partial charge in [-0.15, -0.1) is 0 Å². The number of aryl methyl sites for hydroxylation is 1. The van der Waals surface area contributed by atoms with Crippen LogP contribution in [-0.2, 0) is 17.6 Å². The third-order valence-electron chi connectivity index (χ3n) is 3.77. The lowest BCUT2D eigenvalue weighted by Gasteiger charge is -2.20. The second kappa shape index (κ2) is 5.25. The first kappa shape index (κ1) is 13.1. The molecule has 5 nitrogen and oxygen atoms in total. The van der Waals surface area contributed by atoms with Crippen LogP contribution in [-0.4, -0.2) is 21.3 Å².